The molecule has 1 amide bonds. The van der Waals surface area contributed by atoms with Gasteiger partial charge in [-0.05, 0) is 36.7 Å². The number of pyridine rings is 1. The summed E-state index contributed by atoms with van der Waals surface area (Å²) >= 11 is 1.71. The van der Waals surface area contributed by atoms with Crippen molar-refractivity contribution in [3.63, 3.8) is 0 Å². The number of rotatable bonds is 1. The quantitative estimate of drug-likeness (QED) is 0.845. The van der Waals surface area contributed by atoms with E-state index in [1.165, 1.54) is 10.4 Å². The van der Waals surface area contributed by atoms with Crippen molar-refractivity contribution < 1.29 is 4.79 Å². The highest BCUT2D eigenvalue weighted by Crippen LogP contribution is 2.40. The lowest BCUT2D eigenvalue weighted by Gasteiger charge is -2.27. The highest BCUT2D eigenvalue weighted by Gasteiger charge is 2.32. The predicted octanol–water partition coefficient (Wildman–Crippen LogP) is 1.99. The first-order valence-electron chi connectivity index (χ1n) is 7.03. The van der Waals surface area contributed by atoms with Crippen LogP contribution in [0.3, 0.4) is 0 Å². The van der Waals surface area contributed by atoms with Crippen molar-refractivity contribution in [1.82, 2.24) is 15.2 Å². The molecular formula is C15H16N4OS. The molecule has 0 spiro atoms. The number of aromatic nitrogens is 1. The summed E-state index contributed by atoms with van der Waals surface area (Å²) in [6.07, 6.45) is 4.26. The van der Waals surface area contributed by atoms with Crippen molar-refractivity contribution in [3.8, 4) is 0 Å². The average Bonchev–Trinajstić information content (AvgIpc) is 2.85. The number of nitrogens with zero attached hydrogens (tertiary/aromatic N) is 2. The van der Waals surface area contributed by atoms with Crippen LogP contribution < -0.4 is 10.6 Å². The number of hydrogen-bond donors (Lipinski definition) is 2. The fraction of sp³-hybridized carbons (Fsp3) is 0.333. The monoisotopic (exact) mass is 300 g/mol. The Hall–Kier alpha value is -1.92. The molecule has 0 unspecified atom stereocenters. The van der Waals surface area contributed by atoms with Gasteiger partial charge >= 0.3 is 0 Å². The van der Waals surface area contributed by atoms with Crippen molar-refractivity contribution in [3.05, 3.63) is 46.1 Å². The number of carbonyl (C=O) groups is 1. The molecule has 0 fully saturated rings. The summed E-state index contributed by atoms with van der Waals surface area (Å²) in [5.41, 5.74) is 3.10. The molecule has 2 N–H and O–H groups in total. The first-order chi connectivity index (χ1) is 10.2. The molecule has 0 aliphatic carbocycles. The van der Waals surface area contributed by atoms with Gasteiger partial charge in [-0.1, -0.05) is 0 Å². The lowest BCUT2D eigenvalue weighted by molar-refractivity contribution is 0.0935. The van der Waals surface area contributed by atoms with E-state index in [2.05, 4.69) is 27.6 Å². The zero-order valence-corrected chi connectivity index (χ0v) is 12.5. The summed E-state index contributed by atoms with van der Waals surface area (Å²) in [6.45, 7) is 1.94. The summed E-state index contributed by atoms with van der Waals surface area (Å²) in [5.74, 6) is 0.0348. The van der Waals surface area contributed by atoms with E-state index in [4.69, 9.17) is 0 Å². The van der Waals surface area contributed by atoms with E-state index < -0.39 is 0 Å². The number of nitrogens with one attached hydrogen (secondary N) is 2. The maximum atomic E-state index is 12.5. The van der Waals surface area contributed by atoms with E-state index in [0.29, 0.717) is 0 Å². The Labute approximate surface area is 127 Å². The van der Waals surface area contributed by atoms with Crippen LogP contribution in [0.4, 0.5) is 5.00 Å². The van der Waals surface area contributed by atoms with Crippen LogP contribution in [0.5, 0.6) is 0 Å². The van der Waals surface area contributed by atoms with Crippen molar-refractivity contribution in [2.45, 2.75) is 19.1 Å². The Bertz CT molecular complexity index is 697. The van der Waals surface area contributed by atoms with E-state index in [-0.39, 0.29) is 12.1 Å². The van der Waals surface area contributed by atoms with Crippen LogP contribution in [0.25, 0.3) is 0 Å². The summed E-state index contributed by atoms with van der Waals surface area (Å²) in [5, 5.41) is 7.51. The van der Waals surface area contributed by atoms with Gasteiger partial charge in [0.05, 0.1) is 5.56 Å². The molecule has 0 bridgehead atoms. The maximum absolute atomic E-state index is 12.5. The highest BCUT2D eigenvalue weighted by atomic mass is 32.1. The molecule has 0 saturated heterocycles. The normalized spacial score (nSPS) is 21.2. The minimum absolute atomic E-state index is 0.0348. The van der Waals surface area contributed by atoms with Gasteiger partial charge in [-0.3, -0.25) is 9.78 Å². The number of carbonyl (C=O) groups excluding carboxylic acids is 1. The molecule has 108 valence electrons. The lowest BCUT2D eigenvalue weighted by atomic mass is 10.0. The Morgan fingerprint density at radius 3 is 2.95 bits per heavy atom. The van der Waals surface area contributed by atoms with Gasteiger partial charge in [-0.2, -0.15) is 0 Å². The highest BCUT2D eigenvalue weighted by molar-refractivity contribution is 7.16. The first kappa shape index (κ1) is 12.8. The van der Waals surface area contributed by atoms with Gasteiger partial charge in [-0.25, -0.2) is 0 Å². The van der Waals surface area contributed by atoms with E-state index in [1.807, 2.05) is 12.1 Å². The number of likely N-dealkylation sites (N-methyl/N-ethyl adjacent to an activating group) is 1. The predicted molar refractivity (Wildman–Crippen MR) is 82.4 cm³/mol. The van der Waals surface area contributed by atoms with E-state index in [9.17, 15) is 4.79 Å². The van der Waals surface area contributed by atoms with Crippen LogP contribution in [0.15, 0.2) is 24.5 Å². The summed E-state index contributed by atoms with van der Waals surface area (Å²) in [4.78, 5) is 20.1. The number of thiophene rings is 1. The van der Waals surface area contributed by atoms with Gasteiger partial charge in [0.1, 0.15) is 11.2 Å². The van der Waals surface area contributed by atoms with Gasteiger partial charge in [0.25, 0.3) is 5.91 Å². The molecule has 21 heavy (non-hydrogen) atoms. The smallest absolute Gasteiger partial charge is 0.256 e. The number of anilines is 1. The van der Waals surface area contributed by atoms with Crippen LogP contribution in [-0.4, -0.2) is 29.4 Å². The molecule has 2 aromatic heterocycles. The summed E-state index contributed by atoms with van der Waals surface area (Å²) < 4.78 is 0. The van der Waals surface area contributed by atoms with Gasteiger partial charge in [0, 0.05) is 30.4 Å². The molecule has 4 rings (SSSR count). The molecule has 4 heterocycles. The largest absolute Gasteiger partial charge is 0.353 e. The Balaban J connectivity index is 1.71. The van der Waals surface area contributed by atoms with Crippen molar-refractivity contribution in [2.24, 2.45) is 0 Å². The zero-order valence-electron chi connectivity index (χ0n) is 11.7. The Kier molecular flexibility index (Phi) is 2.94. The standard InChI is InChI=1S/C15H16N4OS/c1-19-7-4-10-11(8-19)21-15-12(10)14(20)17-13(18-15)9-2-5-16-6-3-9/h2-3,5-6,13,18H,4,7-8H2,1H3,(H,17,20)/t13-/m1/s1. The average molecular weight is 300 g/mol. The fourth-order valence-electron chi connectivity index (χ4n) is 2.97. The third-order valence-corrected chi connectivity index (χ3v) is 5.21. The van der Waals surface area contributed by atoms with Crippen molar-refractivity contribution >= 4 is 22.2 Å². The number of fused-ring (bicyclic) bond motifs is 3. The molecule has 0 saturated carbocycles. The van der Waals surface area contributed by atoms with Crippen molar-refractivity contribution in [1.29, 1.82) is 0 Å². The van der Waals surface area contributed by atoms with Gasteiger partial charge < -0.3 is 15.5 Å². The van der Waals surface area contributed by atoms with Gasteiger partial charge in [-0.15, -0.1) is 11.3 Å². The van der Waals surface area contributed by atoms with Crippen LogP contribution in [-0.2, 0) is 13.0 Å². The lowest BCUT2D eigenvalue weighted by Crippen LogP contribution is -2.38. The van der Waals surface area contributed by atoms with Crippen molar-refractivity contribution in [2.75, 3.05) is 18.9 Å². The maximum Gasteiger partial charge on any atom is 0.256 e. The molecule has 6 heteroatoms. The molecule has 2 aliphatic heterocycles. The van der Waals surface area contributed by atoms with Crippen LogP contribution in [0.2, 0.25) is 0 Å². The molecular weight excluding hydrogens is 284 g/mol. The van der Waals surface area contributed by atoms with Crippen LogP contribution >= 0.6 is 11.3 Å². The second kappa shape index (κ2) is 4.82. The summed E-state index contributed by atoms with van der Waals surface area (Å²) in [7, 11) is 2.12. The van der Waals surface area contributed by atoms with Crippen LogP contribution in [0.1, 0.15) is 32.5 Å². The molecule has 0 aromatic carbocycles. The van der Waals surface area contributed by atoms with Gasteiger partial charge in [0.2, 0.25) is 0 Å². The van der Waals surface area contributed by atoms with Crippen LogP contribution in [0, 0.1) is 0 Å². The Morgan fingerprint density at radius 1 is 1.33 bits per heavy atom. The van der Waals surface area contributed by atoms with E-state index in [0.717, 1.165) is 35.6 Å². The first-order valence-corrected chi connectivity index (χ1v) is 7.84. The Morgan fingerprint density at radius 2 is 2.14 bits per heavy atom. The molecule has 0 radical (unpaired) electrons. The SMILES string of the molecule is CN1CCc2c(sc3c2C(=O)N[C@@H](c2ccncc2)N3)C1. The molecule has 2 aliphatic rings. The second-order valence-corrected chi connectivity index (χ2v) is 6.63. The number of hydrogen-bond acceptors (Lipinski definition) is 5. The summed E-state index contributed by atoms with van der Waals surface area (Å²) in [6, 6.07) is 3.84. The minimum atomic E-state index is -0.175. The minimum Gasteiger partial charge on any atom is -0.353 e. The van der Waals surface area contributed by atoms with E-state index >= 15 is 0 Å². The third kappa shape index (κ3) is 2.11. The molecule has 2 aromatic rings. The molecule has 1 atom stereocenters. The molecule has 5 nitrogen and oxygen atoms in total. The zero-order chi connectivity index (χ0) is 14.4. The number of amides is 1. The second-order valence-electron chi connectivity index (χ2n) is 5.53. The third-order valence-electron chi connectivity index (χ3n) is 4.07. The topological polar surface area (TPSA) is 57.3 Å². The van der Waals surface area contributed by atoms with Gasteiger partial charge in [0.15, 0.2) is 0 Å². The van der Waals surface area contributed by atoms with E-state index in [1.54, 1.807) is 23.7 Å². The fourth-order valence-corrected chi connectivity index (χ4v) is 4.32.